The number of anilines is 1. The van der Waals surface area contributed by atoms with E-state index < -0.39 is 0 Å². The van der Waals surface area contributed by atoms with Crippen LogP contribution in [-0.4, -0.2) is 68.0 Å². The number of rotatable bonds is 9. The largest absolute Gasteiger partial charge is 0.494 e. The maximum Gasteiger partial charge on any atom is 0.223 e. The lowest BCUT2D eigenvalue weighted by molar-refractivity contribution is -0.116. The molecule has 38 heavy (non-hydrogen) atoms. The summed E-state index contributed by atoms with van der Waals surface area (Å²) in [5.41, 5.74) is 3.90. The maximum atomic E-state index is 12.3. The number of aromatic nitrogens is 1. The smallest absolute Gasteiger partial charge is 0.223 e. The lowest BCUT2D eigenvalue weighted by atomic mass is 10.00. The fourth-order valence-electron chi connectivity index (χ4n) is 4.25. The molecule has 198 valence electrons. The van der Waals surface area contributed by atoms with Crippen LogP contribution in [0.15, 0.2) is 65.7 Å². The number of hydrogen-bond acceptors (Lipinski definition) is 6. The lowest BCUT2D eigenvalue weighted by Crippen LogP contribution is -2.35. The number of nitrogens with one attached hydrogen (secondary N) is 1. The number of hydrogen-bond donors (Lipinski definition) is 2. The van der Waals surface area contributed by atoms with Crippen LogP contribution in [-0.2, 0) is 4.79 Å². The van der Waals surface area contributed by atoms with Gasteiger partial charge in [-0.1, -0.05) is 17.7 Å². The van der Waals surface area contributed by atoms with Gasteiger partial charge in [0.1, 0.15) is 0 Å². The van der Waals surface area contributed by atoms with Gasteiger partial charge in [-0.05, 0) is 68.7 Å². The van der Waals surface area contributed by atoms with Crippen LogP contribution in [0.5, 0.6) is 17.4 Å². The molecule has 0 aliphatic rings. The molecule has 1 heterocycles. The van der Waals surface area contributed by atoms with Crippen molar-refractivity contribution in [3.05, 3.63) is 76.8 Å². The molecule has 0 saturated carbocycles. The van der Waals surface area contributed by atoms with Gasteiger partial charge in [0.2, 0.25) is 5.91 Å². The number of nitrogens with zero attached hydrogens (tertiary/aromatic N) is 3. The Morgan fingerprint density at radius 2 is 1.68 bits per heavy atom. The number of amides is 1. The summed E-state index contributed by atoms with van der Waals surface area (Å²) >= 11 is 6.19. The van der Waals surface area contributed by atoms with Crippen molar-refractivity contribution in [1.82, 2.24) is 9.88 Å². The zero-order valence-corrected chi connectivity index (χ0v) is 22.8. The summed E-state index contributed by atoms with van der Waals surface area (Å²) in [4.78, 5) is 24.0. The van der Waals surface area contributed by atoms with Gasteiger partial charge >= 0.3 is 0 Å². The summed E-state index contributed by atoms with van der Waals surface area (Å²) < 4.78 is 10.9. The number of aromatic amines is 1. The standard InChI is InChI=1S/C29H31ClN4O4/c1-18(35)34(15-14-33(2)3)22-10-8-21(9-11-22)31-28(19-6-13-25(37-4)26(16-19)38-5)27-23-12-7-20(30)17-24(23)32-29(27)36/h6-13,16-17,32,36H,14-15H2,1-5H3. The average Bonchev–Trinajstić information content (AvgIpc) is 3.21. The van der Waals surface area contributed by atoms with Crippen LogP contribution < -0.4 is 14.4 Å². The first-order valence-electron chi connectivity index (χ1n) is 12.1. The highest BCUT2D eigenvalue weighted by Gasteiger charge is 2.21. The number of carbonyl (C=O) groups excluding carboxylic acids is 1. The Kier molecular flexibility index (Phi) is 8.24. The Hall–Kier alpha value is -4.01. The van der Waals surface area contributed by atoms with Crippen molar-refractivity contribution >= 4 is 45.5 Å². The van der Waals surface area contributed by atoms with Crippen LogP contribution in [0, 0.1) is 0 Å². The number of fused-ring (bicyclic) bond motifs is 1. The van der Waals surface area contributed by atoms with Crippen molar-refractivity contribution in [2.45, 2.75) is 6.92 Å². The first kappa shape index (κ1) is 27.0. The lowest BCUT2D eigenvalue weighted by Gasteiger charge is -2.23. The minimum absolute atomic E-state index is 0.0288. The molecule has 2 N–H and O–H groups in total. The highest BCUT2D eigenvalue weighted by molar-refractivity contribution is 6.31. The fourth-order valence-corrected chi connectivity index (χ4v) is 4.42. The minimum atomic E-state index is -0.0310. The van der Waals surface area contributed by atoms with Crippen molar-refractivity contribution in [2.75, 3.05) is 46.3 Å². The van der Waals surface area contributed by atoms with Crippen molar-refractivity contribution < 1.29 is 19.4 Å². The zero-order valence-electron chi connectivity index (χ0n) is 22.1. The SMILES string of the molecule is COc1ccc(C(=Nc2ccc(N(CCN(C)C)C(C)=O)cc2)c2c(O)[nH]c3cc(Cl)ccc23)cc1OC. The second-order valence-corrected chi connectivity index (χ2v) is 9.50. The topological polar surface area (TPSA) is 90.4 Å². The molecule has 0 radical (unpaired) electrons. The van der Waals surface area contributed by atoms with Crippen LogP contribution >= 0.6 is 11.6 Å². The molecule has 0 fully saturated rings. The molecular formula is C29H31ClN4O4. The summed E-state index contributed by atoms with van der Waals surface area (Å²) in [5.74, 6) is 1.06. The molecule has 9 heteroatoms. The number of ether oxygens (including phenoxy) is 2. The van der Waals surface area contributed by atoms with Gasteiger partial charge in [-0.25, -0.2) is 4.99 Å². The third-order valence-corrected chi connectivity index (χ3v) is 6.42. The molecule has 1 aromatic heterocycles. The Morgan fingerprint density at radius 1 is 0.974 bits per heavy atom. The van der Waals surface area contributed by atoms with Crippen LogP contribution in [0.2, 0.25) is 5.02 Å². The van der Waals surface area contributed by atoms with E-state index in [0.29, 0.717) is 51.1 Å². The monoisotopic (exact) mass is 534 g/mol. The number of methoxy groups -OCH3 is 2. The zero-order chi connectivity index (χ0) is 27.4. The van der Waals surface area contributed by atoms with Crippen molar-refractivity contribution in [2.24, 2.45) is 4.99 Å². The second kappa shape index (κ2) is 11.6. The number of carbonyl (C=O) groups is 1. The number of halogens is 1. The summed E-state index contributed by atoms with van der Waals surface area (Å²) in [6, 6.07) is 18.3. The molecule has 0 atom stereocenters. The quantitative estimate of drug-likeness (QED) is 0.272. The van der Waals surface area contributed by atoms with Gasteiger partial charge in [0.25, 0.3) is 0 Å². The third-order valence-electron chi connectivity index (χ3n) is 6.19. The van der Waals surface area contributed by atoms with Gasteiger partial charge in [0.05, 0.1) is 36.7 Å². The van der Waals surface area contributed by atoms with E-state index >= 15 is 0 Å². The van der Waals surface area contributed by atoms with Crippen molar-refractivity contribution in [1.29, 1.82) is 0 Å². The Balaban J connectivity index is 1.84. The Bertz CT molecular complexity index is 1480. The molecule has 0 saturated heterocycles. The molecule has 0 aliphatic heterocycles. The number of aliphatic imine (C=N–C) groups is 1. The molecule has 0 spiro atoms. The van der Waals surface area contributed by atoms with Crippen LogP contribution in [0.1, 0.15) is 18.1 Å². The predicted molar refractivity (Wildman–Crippen MR) is 153 cm³/mol. The second-order valence-electron chi connectivity index (χ2n) is 9.06. The Morgan fingerprint density at radius 3 is 2.32 bits per heavy atom. The first-order chi connectivity index (χ1) is 18.2. The van der Waals surface area contributed by atoms with Crippen molar-refractivity contribution in [3.63, 3.8) is 0 Å². The normalized spacial score (nSPS) is 11.7. The van der Waals surface area contributed by atoms with Crippen LogP contribution in [0.3, 0.4) is 0 Å². The van der Waals surface area contributed by atoms with Gasteiger partial charge in [-0.2, -0.15) is 0 Å². The van der Waals surface area contributed by atoms with Gasteiger partial charge in [-0.3, -0.25) is 4.79 Å². The molecule has 4 rings (SSSR count). The summed E-state index contributed by atoms with van der Waals surface area (Å²) in [5, 5.41) is 12.3. The molecule has 3 aromatic carbocycles. The minimum Gasteiger partial charge on any atom is -0.494 e. The first-order valence-corrected chi connectivity index (χ1v) is 12.4. The Labute approximate surface area is 227 Å². The summed E-state index contributed by atoms with van der Waals surface area (Å²) in [6.45, 7) is 2.88. The van der Waals surface area contributed by atoms with E-state index in [2.05, 4.69) is 4.98 Å². The van der Waals surface area contributed by atoms with Gasteiger partial charge < -0.3 is 29.4 Å². The molecule has 0 unspecified atom stereocenters. The van der Waals surface area contributed by atoms with Gasteiger partial charge in [-0.15, -0.1) is 0 Å². The fraction of sp³-hybridized carbons (Fsp3) is 0.241. The third kappa shape index (κ3) is 5.77. The average molecular weight is 535 g/mol. The van der Waals surface area contributed by atoms with Crippen LogP contribution in [0.25, 0.3) is 10.9 Å². The number of aromatic hydroxyl groups is 1. The van der Waals surface area contributed by atoms with E-state index in [9.17, 15) is 9.90 Å². The van der Waals surface area contributed by atoms with Crippen molar-refractivity contribution in [3.8, 4) is 17.4 Å². The van der Waals surface area contributed by atoms with E-state index in [1.54, 1.807) is 44.2 Å². The van der Waals surface area contributed by atoms with Gasteiger partial charge in [0, 0.05) is 41.7 Å². The van der Waals surface area contributed by atoms with E-state index in [1.807, 2.05) is 61.5 Å². The molecule has 4 aromatic rings. The maximum absolute atomic E-state index is 12.3. The summed E-state index contributed by atoms with van der Waals surface area (Å²) in [7, 11) is 7.09. The number of likely N-dealkylation sites (N-methyl/N-ethyl adjacent to an activating group) is 1. The molecule has 1 amide bonds. The van der Waals surface area contributed by atoms with E-state index in [0.717, 1.165) is 17.6 Å². The van der Waals surface area contributed by atoms with E-state index in [4.69, 9.17) is 26.1 Å². The number of H-pyrrole nitrogens is 1. The van der Waals surface area contributed by atoms with Crippen LogP contribution in [0.4, 0.5) is 11.4 Å². The molecule has 0 aliphatic carbocycles. The predicted octanol–water partition coefficient (Wildman–Crippen LogP) is 5.63. The van der Waals surface area contributed by atoms with Gasteiger partial charge in [0.15, 0.2) is 17.4 Å². The van der Waals surface area contributed by atoms with E-state index in [1.165, 1.54) is 0 Å². The highest BCUT2D eigenvalue weighted by Crippen LogP contribution is 2.35. The van der Waals surface area contributed by atoms with E-state index in [-0.39, 0.29) is 11.8 Å². The molecule has 0 bridgehead atoms. The summed E-state index contributed by atoms with van der Waals surface area (Å²) in [6.07, 6.45) is 0. The molecule has 8 nitrogen and oxygen atoms in total. The highest BCUT2D eigenvalue weighted by atomic mass is 35.5. The molecular weight excluding hydrogens is 504 g/mol. The number of benzene rings is 3.